The van der Waals surface area contributed by atoms with E-state index in [9.17, 15) is 0 Å². The summed E-state index contributed by atoms with van der Waals surface area (Å²) in [5.41, 5.74) is 4.05. The Morgan fingerprint density at radius 1 is 1.15 bits per heavy atom. The van der Waals surface area contributed by atoms with Gasteiger partial charge in [-0.2, -0.15) is 5.26 Å². The van der Waals surface area contributed by atoms with Crippen LogP contribution in [0.25, 0.3) is 0 Å². The fourth-order valence-corrected chi connectivity index (χ4v) is 2.34. The zero-order valence-corrected chi connectivity index (χ0v) is 17.3. The Morgan fingerprint density at radius 3 is 2.37 bits per heavy atom. The summed E-state index contributed by atoms with van der Waals surface area (Å²) in [7, 11) is 0. The van der Waals surface area contributed by atoms with Gasteiger partial charge in [0.15, 0.2) is 5.75 Å². The summed E-state index contributed by atoms with van der Waals surface area (Å²) in [5.74, 6) is 0.118. The Hall–Kier alpha value is -2.71. The fourth-order valence-electron chi connectivity index (χ4n) is 2.34. The molecule has 2 heterocycles. The van der Waals surface area contributed by atoms with E-state index >= 15 is 0 Å². The monoisotopic (exact) mass is 367 g/mol. The third-order valence-corrected chi connectivity index (χ3v) is 3.61. The second kappa shape index (κ2) is 10.4. The molecule has 0 unspecified atom stereocenters. The van der Waals surface area contributed by atoms with Gasteiger partial charge < -0.3 is 9.47 Å². The Balaban J connectivity index is 0.000000855. The molecule has 0 saturated heterocycles. The number of rotatable bonds is 2. The molecule has 144 valence electrons. The lowest BCUT2D eigenvalue weighted by atomic mass is 10.1. The second-order valence-corrected chi connectivity index (χ2v) is 5.81. The topological polar surface area (TPSA) is 67.5 Å². The summed E-state index contributed by atoms with van der Waals surface area (Å²) in [4.78, 5) is 8.82. The third kappa shape index (κ3) is 5.90. The Labute approximate surface area is 162 Å². The smallest absolute Gasteiger partial charge is 0.205 e. The second-order valence-electron chi connectivity index (χ2n) is 5.81. The number of nitriles is 1. The van der Waals surface area contributed by atoms with E-state index in [2.05, 4.69) is 16.0 Å². The van der Waals surface area contributed by atoms with Crippen LogP contribution in [0.1, 0.15) is 63.9 Å². The molecule has 0 aliphatic carbocycles. The molecule has 1 aromatic carbocycles. The van der Waals surface area contributed by atoms with Crippen LogP contribution in [0.15, 0.2) is 35.5 Å². The van der Waals surface area contributed by atoms with Gasteiger partial charge in [0.05, 0.1) is 29.6 Å². The van der Waals surface area contributed by atoms with E-state index in [0.717, 1.165) is 28.3 Å². The van der Waals surface area contributed by atoms with Crippen molar-refractivity contribution in [3.05, 3.63) is 52.8 Å². The summed E-state index contributed by atoms with van der Waals surface area (Å²) in [5, 5.41) is 8.81. The van der Waals surface area contributed by atoms with Crippen LogP contribution >= 0.6 is 0 Å². The molecule has 27 heavy (non-hydrogen) atoms. The zero-order chi connectivity index (χ0) is 20.4. The van der Waals surface area contributed by atoms with Crippen molar-refractivity contribution in [1.82, 2.24) is 4.98 Å². The lowest BCUT2D eigenvalue weighted by Gasteiger charge is -2.33. The van der Waals surface area contributed by atoms with Crippen LogP contribution in [0.5, 0.6) is 5.75 Å². The fraction of sp³-hybridized carbons (Fsp3) is 0.409. The molecule has 0 fully saturated rings. The molecule has 1 aliphatic rings. The van der Waals surface area contributed by atoms with Crippen molar-refractivity contribution in [2.75, 3.05) is 0 Å². The molecular formula is C22H29N3O2. The van der Waals surface area contributed by atoms with Crippen LogP contribution in [0.3, 0.4) is 0 Å². The van der Waals surface area contributed by atoms with Gasteiger partial charge in [-0.15, -0.1) is 0 Å². The van der Waals surface area contributed by atoms with E-state index in [1.54, 1.807) is 36.7 Å². The summed E-state index contributed by atoms with van der Waals surface area (Å²) in [6.45, 7) is 14.1. The molecule has 5 nitrogen and oxygen atoms in total. The Kier molecular flexibility index (Phi) is 8.64. The largest absolute Gasteiger partial charge is 0.461 e. The number of aryl methyl sites for hydroxylation is 1. The maximum Gasteiger partial charge on any atom is 0.205 e. The minimum absolute atomic E-state index is 0.459. The molecule has 0 atom stereocenters. The van der Waals surface area contributed by atoms with Gasteiger partial charge in [0.2, 0.25) is 5.79 Å². The first-order chi connectivity index (χ1) is 13.0. The minimum atomic E-state index is -0.650. The van der Waals surface area contributed by atoms with Gasteiger partial charge in [0.25, 0.3) is 0 Å². The number of nitrogens with zero attached hydrogens (tertiary/aromatic N) is 3. The van der Waals surface area contributed by atoms with Crippen molar-refractivity contribution in [3.63, 3.8) is 0 Å². The number of pyridine rings is 1. The summed E-state index contributed by atoms with van der Waals surface area (Å²) < 4.78 is 11.6. The highest BCUT2D eigenvalue weighted by atomic mass is 16.7. The molecule has 0 amide bonds. The third-order valence-electron chi connectivity index (χ3n) is 3.61. The van der Waals surface area contributed by atoms with E-state index in [1.165, 1.54) is 0 Å². The molecule has 1 aliphatic heterocycles. The first-order valence-corrected chi connectivity index (χ1v) is 9.34. The molecule has 5 heteroatoms. The zero-order valence-electron chi connectivity index (χ0n) is 17.3. The molecule has 0 N–H and O–H groups in total. The first kappa shape index (κ1) is 22.3. The van der Waals surface area contributed by atoms with Gasteiger partial charge in [-0.25, -0.2) is 0 Å². The number of fused-ring (bicyclic) bond motifs is 1. The average molecular weight is 367 g/mol. The van der Waals surface area contributed by atoms with Gasteiger partial charge in [-0.1, -0.05) is 27.7 Å². The number of hydrogen-bond acceptors (Lipinski definition) is 5. The van der Waals surface area contributed by atoms with Crippen molar-refractivity contribution < 1.29 is 9.47 Å². The summed E-state index contributed by atoms with van der Waals surface area (Å²) in [6, 6.07) is 9.18. The molecule has 0 spiro atoms. The molecule has 3 rings (SSSR count). The van der Waals surface area contributed by atoms with Crippen molar-refractivity contribution in [2.45, 2.75) is 60.9 Å². The average Bonchev–Trinajstić information content (AvgIpc) is 2.71. The van der Waals surface area contributed by atoms with Crippen LogP contribution < -0.4 is 4.74 Å². The number of aliphatic imine (C=N–C) groups is 1. The van der Waals surface area contributed by atoms with E-state index in [0.29, 0.717) is 12.2 Å². The van der Waals surface area contributed by atoms with Crippen LogP contribution in [0.4, 0.5) is 5.69 Å². The van der Waals surface area contributed by atoms with Crippen LogP contribution in [-0.4, -0.2) is 17.0 Å². The van der Waals surface area contributed by atoms with Gasteiger partial charge in [0, 0.05) is 37.4 Å². The molecular weight excluding hydrogens is 338 g/mol. The maximum atomic E-state index is 8.81. The van der Waals surface area contributed by atoms with Gasteiger partial charge in [-0.05, 0) is 31.2 Å². The highest BCUT2D eigenvalue weighted by Gasteiger charge is 2.30. The molecule has 1 aromatic heterocycles. The van der Waals surface area contributed by atoms with Gasteiger partial charge >= 0.3 is 0 Å². The first-order valence-electron chi connectivity index (χ1n) is 9.34. The Morgan fingerprint density at radius 2 is 1.78 bits per heavy atom. The minimum Gasteiger partial charge on any atom is -0.461 e. The summed E-state index contributed by atoms with van der Waals surface area (Å²) >= 11 is 0. The number of ether oxygens (including phenoxy) is 2. The van der Waals surface area contributed by atoms with E-state index in [-0.39, 0.29) is 0 Å². The predicted octanol–water partition coefficient (Wildman–Crippen LogP) is 5.71. The lowest BCUT2D eigenvalue weighted by molar-refractivity contribution is -0.180. The normalized spacial score (nSPS) is 13.9. The molecule has 0 radical (unpaired) electrons. The highest BCUT2D eigenvalue weighted by molar-refractivity contribution is 5.84. The molecule has 0 bridgehead atoms. The molecule has 0 saturated carbocycles. The van der Waals surface area contributed by atoms with Crippen molar-refractivity contribution >= 4 is 11.9 Å². The quantitative estimate of drug-likeness (QED) is 0.638. The van der Waals surface area contributed by atoms with E-state index in [4.69, 9.17) is 14.7 Å². The van der Waals surface area contributed by atoms with Crippen LogP contribution in [0.2, 0.25) is 0 Å². The van der Waals surface area contributed by atoms with Crippen molar-refractivity contribution in [2.24, 2.45) is 4.99 Å². The summed E-state index contributed by atoms with van der Waals surface area (Å²) in [6.07, 6.45) is 3.52. The van der Waals surface area contributed by atoms with E-state index < -0.39 is 5.79 Å². The van der Waals surface area contributed by atoms with Gasteiger partial charge in [-0.3, -0.25) is 9.98 Å². The Bertz CT molecular complexity index is 804. The SMILES string of the molecule is CC.CC.Cc1ncc(C=Nc2ccc(C#N)cc2)c2c1OC(C)(C)OC2. The number of hydrogen-bond donors (Lipinski definition) is 0. The number of aromatic nitrogens is 1. The van der Waals surface area contributed by atoms with Crippen LogP contribution in [0, 0.1) is 18.3 Å². The van der Waals surface area contributed by atoms with Crippen LogP contribution in [-0.2, 0) is 11.3 Å². The lowest BCUT2D eigenvalue weighted by Crippen LogP contribution is -2.36. The number of benzene rings is 1. The maximum absolute atomic E-state index is 8.81. The van der Waals surface area contributed by atoms with Crippen molar-refractivity contribution in [1.29, 1.82) is 5.26 Å². The molecule has 2 aromatic rings. The predicted molar refractivity (Wildman–Crippen MR) is 110 cm³/mol. The van der Waals surface area contributed by atoms with Crippen molar-refractivity contribution in [3.8, 4) is 11.8 Å². The van der Waals surface area contributed by atoms with Gasteiger partial charge in [0.1, 0.15) is 0 Å². The van der Waals surface area contributed by atoms with E-state index in [1.807, 2.05) is 48.5 Å². The highest BCUT2D eigenvalue weighted by Crippen LogP contribution is 2.34. The standard InChI is InChI=1S/C18H17N3O2.2C2H6/c1-12-17-16(11-22-18(2,3)23-17)14(9-20-12)10-21-15-6-4-13(8-19)5-7-15;2*1-2/h4-7,9-10H,11H2,1-3H3;2*1-2H3.